The molecule has 2 amide bonds. The van der Waals surface area contributed by atoms with Crippen LogP contribution in [0.15, 0.2) is 35.0 Å². The molecule has 1 aromatic heterocycles. The molecule has 0 saturated carbocycles. The van der Waals surface area contributed by atoms with Gasteiger partial charge in [-0.3, -0.25) is 14.5 Å². The smallest absolute Gasteiger partial charge is 0.371 e. The molecular formula is C17H23NO5. The minimum atomic E-state index is -1.03. The van der Waals surface area contributed by atoms with Gasteiger partial charge in [-0.1, -0.05) is 39.0 Å². The summed E-state index contributed by atoms with van der Waals surface area (Å²) in [5.41, 5.74) is 0. The molecule has 0 fully saturated rings. The number of hydrogen-bond donors (Lipinski definition) is 1. The molecule has 0 saturated heterocycles. The lowest BCUT2D eigenvalue weighted by molar-refractivity contribution is -0.136. The zero-order valence-corrected chi connectivity index (χ0v) is 13.4. The normalized spacial score (nSPS) is 13.2. The molecule has 2 rings (SSSR count). The van der Waals surface area contributed by atoms with Crippen molar-refractivity contribution in [3.05, 3.63) is 36.3 Å². The average molecular weight is 321 g/mol. The Kier molecular flexibility index (Phi) is 8.42. The van der Waals surface area contributed by atoms with Gasteiger partial charge in [0.05, 0.1) is 6.26 Å². The van der Waals surface area contributed by atoms with E-state index in [0.29, 0.717) is 6.54 Å². The Morgan fingerprint density at radius 3 is 2.17 bits per heavy atom. The van der Waals surface area contributed by atoms with E-state index in [1.165, 1.54) is 61.1 Å². The third kappa shape index (κ3) is 6.95. The van der Waals surface area contributed by atoms with E-state index in [0.717, 1.165) is 12.8 Å². The summed E-state index contributed by atoms with van der Waals surface area (Å²) in [7, 11) is 0. The van der Waals surface area contributed by atoms with Gasteiger partial charge in [0.1, 0.15) is 0 Å². The van der Waals surface area contributed by atoms with Crippen LogP contribution in [-0.2, 0) is 9.59 Å². The molecule has 1 aliphatic heterocycles. The van der Waals surface area contributed by atoms with Crippen molar-refractivity contribution in [2.75, 3.05) is 6.54 Å². The van der Waals surface area contributed by atoms with Gasteiger partial charge in [-0.15, -0.1) is 0 Å². The molecule has 1 N–H and O–H groups in total. The average Bonchev–Trinajstić information content (AvgIpc) is 3.16. The maximum absolute atomic E-state index is 11.2. The number of furan rings is 1. The van der Waals surface area contributed by atoms with Crippen LogP contribution in [0.3, 0.4) is 0 Å². The van der Waals surface area contributed by atoms with Gasteiger partial charge in [-0.05, 0) is 18.6 Å². The number of aromatic carboxylic acids is 1. The summed E-state index contributed by atoms with van der Waals surface area (Å²) < 4.78 is 4.50. The fraction of sp³-hybridized carbons (Fsp3) is 0.471. The molecule has 0 bridgehead atoms. The highest BCUT2D eigenvalue weighted by Gasteiger charge is 2.21. The highest BCUT2D eigenvalue weighted by atomic mass is 16.4. The number of carboxylic acid groups (broad SMARTS) is 1. The number of hydrogen-bond acceptors (Lipinski definition) is 4. The Balaban J connectivity index is 0.000000277. The molecule has 0 atom stereocenters. The Labute approximate surface area is 135 Å². The first kappa shape index (κ1) is 18.7. The Bertz CT molecular complexity index is 515. The highest BCUT2D eigenvalue weighted by molar-refractivity contribution is 6.12. The van der Waals surface area contributed by atoms with Crippen molar-refractivity contribution < 1.29 is 23.9 Å². The van der Waals surface area contributed by atoms with Crippen molar-refractivity contribution in [1.82, 2.24) is 4.90 Å². The number of rotatable bonds is 8. The third-order valence-electron chi connectivity index (χ3n) is 3.37. The maximum atomic E-state index is 11.2. The van der Waals surface area contributed by atoms with Gasteiger partial charge in [-0.2, -0.15) is 0 Å². The first-order chi connectivity index (χ1) is 11.1. The SMILES string of the molecule is CCCCCCCCN1C(=O)C=CC1=O.O=C(O)c1ccco1. The summed E-state index contributed by atoms with van der Waals surface area (Å²) in [6, 6.07) is 2.92. The lowest BCUT2D eigenvalue weighted by atomic mass is 10.1. The molecule has 6 nitrogen and oxygen atoms in total. The van der Waals surface area contributed by atoms with Crippen molar-refractivity contribution in [3.63, 3.8) is 0 Å². The molecule has 0 radical (unpaired) electrons. The molecule has 6 heteroatoms. The van der Waals surface area contributed by atoms with Crippen molar-refractivity contribution in [2.24, 2.45) is 0 Å². The van der Waals surface area contributed by atoms with E-state index in [2.05, 4.69) is 11.3 Å². The Morgan fingerprint density at radius 2 is 1.70 bits per heavy atom. The predicted molar refractivity (Wildman–Crippen MR) is 84.9 cm³/mol. The van der Waals surface area contributed by atoms with E-state index < -0.39 is 5.97 Å². The second-order valence-electron chi connectivity index (χ2n) is 5.21. The number of unbranched alkanes of at least 4 members (excludes halogenated alkanes) is 5. The van der Waals surface area contributed by atoms with Crippen molar-refractivity contribution in [2.45, 2.75) is 45.4 Å². The Morgan fingerprint density at radius 1 is 1.09 bits per heavy atom. The molecule has 0 spiro atoms. The van der Waals surface area contributed by atoms with Crippen molar-refractivity contribution in [3.8, 4) is 0 Å². The minimum absolute atomic E-state index is 0.0231. The van der Waals surface area contributed by atoms with E-state index in [-0.39, 0.29) is 17.6 Å². The number of carbonyl (C=O) groups is 3. The van der Waals surface area contributed by atoms with Crippen LogP contribution in [0.5, 0.6) is 0 Å². The zero-order valence-electron chi connectivity index (χ0n) is 13.4. The zero-order chi connectivity index (χ0) is 17.1. The number of carbonyl (C=O) groups excluding carboxylic acids is 2. The van der Waals surface area contributed by atoms with E-state index in [1.807, 2.05) is 0 Å². The summed E-state index contributed by atoms with van der Waals surface area (Å²) in [6.07, 6.45) is 11.0. The van der Waals surface area contributed by atoms with E-state index in [9.17, 15) is 14.4 Å². The quantitative estimate of drug-likeness (QED) is 0.586. The van der Waals surface area contributed by atoms with Gasteiger partial charge in [0.15, 0.2) is 0 Å². The fourth-order valence-electron chi connectivity index (χ4n) is 2.10. The lowest BCUT2D eigenvalue weighted by Crippen LogP contribution is -2.30. The molecule has 0 unspecified atom stereocenters. The minimum Gasteiger partial charge on any atom is -0.475 e. The molecule has 126 valence electrons. The number of imide groups is 1. The lowest BCUT2D eigenvalue weighted by Gasteiger charge is -2.12. The van der Waals surface area contributed by atoms with Crippen LogP contribution < -0.4 is 0 Å². The van der Waals surface area contributed by atoms with Gasteiger partial charge >= 0.3 is 5.97 Å². The fourth-order valence-corrected chi connectivity index (χ4v) is 2.10. The molecule has 23 heavy (non-hydrogen) atoms. The number of nitrogens with zero attached hydrogens (tertiary/aromatic N) is 1. The molecule has 0 aromatic carbocycles. The molecule has 1 aliphatic rings. The van der Waals surface area contributed by atoms with E-state index >= 15 is 0 Å². The molecule has 1 aromatic rings. The Hall–Kier alpha value is -2.37. The number of amides is 2. The van der Waals surface area contributed by atoms with Gasteiger partial charge in [0.25, 0.3) is 11.8 Å². The van der Waals surface area contributed by atoms with Crippen molar-refractivity contribution >= 4 is 17.8 Å². The highest BCUT2D eigenvalue weighted by Crippen LogP contribution is 2.09. The van der Waals surface area contributed by atoms with Gasteiger partial charge in [0, 0.05) is 18.7 Å². The topological polar surface area (TPSA) is 87.8 Å². The van der Waals surface area contributed by atoms with Crippen molar-refractivity contribution in [1.29, 1.82) is 0 Å². The largest absolute Gasteiger partial charge is 0.475 e. The summed E-state index contributed by atoms with van der Waals surface area (Å²) in [5, 5.41) is 8.18. The second kappa shape index (κ2) is 10.4. The first-order valence-electron chi connectivity index (χ1n) is 7.86. The maximum Gasteiger partial charge on any atom is 0.371 e. The summed E-state index contributed by atoms with van der Waals surface area (Å²) in [6.45, 7) is 2.77. The standard InChI is InChI=1S/C12H19NO2.C5H4O3/c1-2-3-4-5-6-7-10-13-11(14)8-9-12(13)15;6-5(7)4-2-1-3-8-4/h8-9H,2-7,10H2,1H3;1-3H,(H,6,7). The van der Waals surface area contributed by atoms with Gasteiger partial charge in [-0.25, -0.2) is 4.79 Å². The molecular weight excluding hydrogens is 298 g/mol. The van der Waals surface area contributed by atoms with Gasteiger partial charge in [0.2, 0.25) is 5.76 Å². The van der Waals surface area contributed by atoms with Gasteiger partial charge < -0.3 is 9.52 Å². The summed E-state index contributed by atoms with van der Waals surface area (Å²) >= 11 is 0. The van der Waals surface area contributed by atoms with Crippen LogP contribution in [0.25, 0.3) is 0 Å². The van der Waals surface area contributed by atoms with Crippen LogP contribution in [0.2, 0.25) is 0 Å². The monoisotopic (exact) mass is 321 g/mol. The first-order valence-corrected chi connectivity index (χ1v) is 7.86. The second-order valence-corrected chi connectivity index (χ2v) is 5.21. The third-order valence-corrected chi connectivity index (χ3v) is 3.37. The van der Waals surface area contributed by atoms with Crippen LogP contribution in [0.4, 0.5) is 0 Å². The van der Waals surface area contributed by atoms with E-state index in [4.69, 9.17) is 5.11 Å². The molecule has 0 aliphatic carbocycles. The summed E-state index contributed by atoms with van der Waals surface area (Å²) in [5.74, 6) is -1.37. The van der Waals surface area contributed by atoms with Crippen LogP contribution >= 0.6 is 0 Å². The van der Waals surface area contributed by atoms with E-state index in [1.54, 1.807) is 0 Å². The van der Waals surface area contributed by atoms with Crippen LogP contribution in [-0.4, -0.2) is 34.3 Å². The summed E-state index contributed by atoms with van der Waals surface area (Å²) in [4.78, 5) is 33.6. The number of carboxylic acids is 1. The van der Waals surface area contributed by atoms with Crippen LogP contribution in [0, 0.1) is 0 Å². The predicted octanol–water partition coefficient (Wildman–Crippen LogP) is 3.25. The van der Waals surface area contributed by atoms with Crippen LogP contribution in [0.1, 0.15) is 56.0 Å². The molecule has 2 heterocycles.